The Morgan fingerprint density at radius 1 is 0.906 bits per heavy atom. The van der Waals surface area contributed by atoms with E-state index >= 15 is 0 Å². The Kier molecular flexibility index (Phi) is 9.90. The molecule has 0 aliphatic carbocycles. The summed E-state index contributed by atoms with van der Waals surface area (Å²) in [5.74, 6) is -1.83. The molecule has 0 fully saturated rings. The van der Waals surface area contributed by atoms with Gasteiger partial charge in [0.15, 0.2) is 6.61 Å². The summed E-state index contributed by atoms with van der Waals surface area (Å²) in [5.41, 5.74) is 1.34. The van der Waals surface area contributed by atoms with E-state index in [4.69, 9.17) is 9.47 Å². The molecule has 2 aromatic rings. The number of rotatable bonds is 11. The summed E-state index contributed by atoms with van der Waals surface area (Å²) in [6.45, 7) is 3.59. The van der Waals surface area contributed by atoms with Gasteiger partial charge in [-0.15, -0.1) is 0 Å². The van der Waals surface area contributed by atoms with Gasteiger partial charge in [-0.1, -0.05) is 31.5 Å². The zero-order valence-electron chi connectivity index (χ0n) is 18.3. The van der Waals surface area contributed by atoms with Crippen molar-refractivity contribution in [2.75, 3.05) is 18.5 Å². The van der Waals surface area contributed by atoms with E-state index in [1.807, 2.05) is 6.92 Å². The highest BCUT2D eigenvalue weighted by Crippen LogP contribution is 2.11. The number of unbranched alkanes of at least 4 members (excludes halogenated alkanes) is 1. The van der Waals surface area contributed by atoms with Crippen LogP contribution >= 0.6 is 0 Å². The van der Waals surface area contributed by atoms with Crippen molar-refractivity contribution in [3.8, 4) is 0 Å². The minimum absolute atomic E-state index is 0.0688. The number of amides is 2. The highest BCUT2D eigenvalue weighted by molar-refractivity contribution is 5.95. The Morgan fingerprint density at radius 2 is 1.59 bits per heavy atom. The van der Waals surface area contributed by atoms with Gasteiger partial charge in [0, 0.05) is 17.3 Å². The number of ether oxygens (including phenoxy) is 2. The molecule has 8 heteroatoms. The van der Waals surface area contributed by atoms with Gasteiger partial charge in [0.05, 0.1) is 18.6 Å². The molecule has 170 valence electrons. The van der Waals surface area contributed by atoms with Gasteiger partial charge in [0.2, 0.25) is 0 Å². The van der Waals surface area contributed by atoms with Gasteiger partial charge in [-0.05, 0) is 49.7 Å². The van der Waals surface area contributed by atoms with E-state index in [0.717, 1.165) is 12.8 Å². The van der Waals surface area contributed by atoms with Crippen LogP contribution in [0.25, 0.3) is 0 Å². The van der Waals surface area contributed by atoms with Gasteiger partial charge >= 0.3 is 11.9 Å². The Morgan fingerprint density at radius 3 is 2.25 bits per heavy atom. The van der Waals surface area contributed by atoms with Gasteiger partial charge in [0.1, 0.15) is 0 Å². The van der Waals surface area contributed by atoms with Gasteiger partial charge < -0.3 is 20.1 Å². The summed E-state index contributed by atoms with van der Waals surface area (Å²) in [6, 6.07) is 14.4. The van der Waals surface area contributed by atoms with Crippen LogP contribution in [0.15, 0.2) is 54.6 Å². The van der Waals surface area contributed by atoms with Crippen LogP contribution in [0, 0.1) is 0 Å². The number of anilines is 1. The van der Waals surface area contributed by atoms with Crippen molar-refractivity contribution in [3.63, 3.8) is 0 Å². The fourth-order valence-corrected chi connectivity index (χ4v) is 2.68. The number of carbonyl (C=O) groups is 4. The second-order valence-electron chi connectivity index (χ2n) is 7.22. The molecule has 32 heavy (non-hydrogen) atoms. The monoisotopic (exact) mass is 440 g/mol. The highest BCUT2D eigenvalue weighted by atomic mass is 16.5. The molecule has 0 aliphatic heterocycles. The fraction of sp³-hybridized carbons (Fsp3) is 0.333. The molecule has 2 aromatic carbocycles. The Balaban J connectivity index is 1.71. The van der Waals surface area contributed by atoms with Gasteiger partial charge in [-0.25, -0.2) is 4.79 Å². The average molecular weight is 440 g/mol. The zero-order chi connectivity index (χ0) is 23.3. The van der Waals surface area contributed by atoms with E-state index in [0.29, 0.717) is 23.4 Å². The maximum atomic E-state index is 12.1. The molecule has 2 rings (SSSR count). The highest BCUT2D eigenvalue weighted by Gasteiger charge is 2.15. The first kappa shape index (κ1) is 24.6. The molecule has 0 saturated heterocycles. The third kappa shape index (κ3) is 8.59. The lowest BCUT2D eigenvalue weighted by molar-refractivity contribution is -0.147. The Bertz CT molecular complexity index is 912. The van der Waals surface area contributed by atoms with Crippen molar-refractivity contribution in [2.24, 2.45) is 0 Å². The first-order valence-electron chi connectivity index (χ1n) is 10.5. The van der Waals surface area contributed by atoms with E-state index in [9.17, 15) is 19.2 Å². The van der Waals surface area contributed by atoms with E-state index in [1.165, 1.54) is 0 Å². The van der Waals surface area contributed by atoms with Crippen LogP contribution in [-0.2, 0) is 19.1 Å². The van der Waals surface area contributed by atoms with Crippen LogP contribution in [0.3, 0.4) is 0 Å². The van der Waals surface area contributed by atoms with Gasteiger partial charge in [0.25, 0.3) is 11.8 Å². The standard InChI is InChI=1S/C24H28N2O6/c1-3-4-14-31-24(30)19-10-12-20(13-11-19)26-21(27)16-32-22(28)15-17(2)25-23(29)18-8-6-5-7-9-18/h5-13,17H,3-4,14-16H2,1-2H3,(H,25,29)(H,26,27). The van der Waals surface area contributed by atoms with Crippen LogP contribution in [0.1, 0.15) is 53.8 Å². The average Bonchev–Trinajstić information content (AvgIpc) is 2.78. The molecule has 0 aromatic heterocycles. The molecule has 1 unspecified atom stereocenters. The van der Waals surface area contributed by atoms with Crippen LogP contribution < -0.4 is 10.6 Å². The lowest BCUT2D eigenvalue weighted by Gasteiger charge is -2.13. The van der Waals surface area contributed by atoms with Crippen LogP contribution in [0.5, 0.6) is 0 Å². The van der Waals surface area contributed by atoms with E-state index in [2.05, 4.69) is 10.6 Å². The smallest absolute Gasteiger partial charge is 0.338 e. The topological polar surface area (TPSA) is 111 Å². The number of carbonyl (C=O) groups excluding carboxylic acids is 4. The minimum atomic E-state index is -0.605. The molecule has 0 aliphatic rings. The second kappa shape index (κ2) is 12.9. The Hall–Kier alpha value is -3.68. The quantitative estimate of drug-likeness (QED) is 0.410. The molecule has 2 amide bonds. The van der Waals surface area contributed by atoms with Crippen LogP contribution in [0.4, 0.5) is 5.69 Å². The maximum absolute atomic E-state index is 12.1. The fourth-order valence-electron chi connectivity index (χ4n) is 2.68. The van der Waals surface area contributed by atoms with Crippen molar-refractivity contribution in [3.05, 3.63) is 65.7 Å². The molecular weight excluding hydrogens is 412 g/mol. The predicted molar refractivity (Wildman–Crippen MR) is 119 cm³/mol. The molecule has 0 heterocycles. The number of nitrogens with one attached hydrogen (secondary N) is 2. The normalized spacial score (nSPS) is 11.2. The number of hydrogen-bond acceptors (Lipinski definition) is 6. The molecule has 8 nitrogen and oxygen atoms in total. The summed E-state index contributed by atoms with van der Waals surface area (Å²) in [6.07, 6.45) is 1.67. The third-order valence-corrected chi connectivity index (χ3v) is 4.39. The maximum Gasteiger partial charge on any atom is 0.338 e. The van der Waals surface area contributed by atoms with Crippen molar-refractivity contribution < 1.29 is 28.7 Å². The lowest BCUT2D eigenvalue weighted by Crippen LogP contribution is -2.35. The van der Waals surface area contributed by atoms with Gasteiger partial charge in [-0.3, -0.25) is 14.4 Å². The predicted octanol–water partition coefficient (Wildman–Crippen LogP) is 3.33. The first-order chi connectivity index (χ1) is 15.4. The van der Waals surface area contributed by atoms with Crippen molar-refractivity contribution in [2.45, 2.75) is 39.2 Å². The van der Waals surface area contributed by atoms with Crippen molar-refractivity contribution in [1.29, 1.82) is 0 Å². The molecule has 1 atom stereocenters. The SMILES string of the molecule is CCCCOC(=O)c1ccc(NC(=O)COC(=O)CC(C)NC(=O)c2ccccc2)cc1. The zero-order valence-corrected chi connectivity index (χ0v) is 18.3. The largest absolute Gasteiger partial charge is 0.462 e. The summed E-state index contributed by atoms with van der Waals surface area (Å²) in [5, 5.41) is 5.29. The van der Waals surface area contributed by atoms with Crippen molar-refractivity contribution in [1.82, 2.24) is 5.32 Å². The number of esters is 2. The van der Waals surface area contributed by atoms with E-state index in [-0.39, 0.29) is 12.3 Å². The van der Waals surface area contributed by atoms with Crippen LogP contribution in [-0.4, -0.2) is 43.0 Å². The molecule has 0 bridgehead atoms. The molecule has 0 radical (unpaired) electrons. The summed E-state index contributed by atoms with van der Waals surface area (Å²) < 4.78 is 10.1. The summed E-state index contributed by atoms with van der Waals surface area (Å²) in [7, 11) is 0. The molecule has 2 N–H and O–H groups in total. The first-order valence-corrected chi connectivity index (χ1v) is 10.5. The van der Waals surface area contributed by atoms with E-state index < -0.39 is 30.5 Å². The second-order valence-corrected chi connectivity index (χ2v) is 7.22. The van der Waals surface area contributed by atoms with E-state index in [1.54, 1.807) is 61.5 Å². The Labute approximate surface area is 187 Å². The summed E-state index contributed by atoms with van der Waals surface area (Å²) >= 11 is 0. The number of benzene rings is 2. The lowest BCUT2D eigenvalue weighted by atomic mass is 10.2. The third-order valence-electron chi connectivity index (χ3n) is 4.39. The molecule has 0 spiro atoms. The molecular formula is C24H28N2O6. The number of hydrogen-bond donors (Lipinski definition) is 2. The summed E-state index contributed by atoms with van der Waals surface area (Å²) in [4.78, 5) is 47.9. The van der Waals surface area contributed by atoms with Gasteiger partial charge in [-0.2, -0.15) is 0 Å². The molecule has 0 saturated carbocycles. The minimum Gasteiger partial charge on any atom is -0.462 e. The van der Waals surface area contributed by atoms with Crippen molar-refractivity contribution >= 4 is 29.4 Å². The van der Waals surface area contributed by atoms with Crippen LogP contribution in [0.2, 0.25) is 0 Å².